The maximum Gasteiger partial charge on any atom is 0.253 e. The maximum absolute atomic E-state index is 13.0. The van der Waals surface area contributed by atoms with Gasteiger partial charge < -0.3 is 4.90 Å². The van der Waals surface area contributed by atoms with Crippen LogP contribution >= 0.6 is 11.6 Å². The van der Waals surface area contributed by atoms with E-state index in [1.807, 2.05) is 18.2 Å². The average molecular weight is 422 g/mol. The van der Waals surface area contributed by atoms with Crippen molar-refractivity contribution in [2.75, 3.05) is 26.7 Å². The first-order valence-corrected chi connectivity index (χ1v) is 11.2. The van der Waals surface area contributed by atoms with Crippen LogP contribution < -0.4 is 0 Å². The Morgan fingerprint density at radius 3 is 2.61 bits per heavy atom. The number of piperidine rings is 1. The number of rotatable bonds is 6. The van der Waals surface area contributed by atoms with Gasteiger partial charge in [-0.15, -0.1) is 0 Å². The fraction of sp³-hybridized carbons (Fsp3) is 0.400. The minimum Gasteiger partial charge on any atom is -0.341 e. The van der Waals surface area contributed by atoms with E-state index in [1.54, 1.807) is 24.2 Å². The van der Waals surface area contributed by atoms with Crippen LogP contribution in [0, 0.1) is 0 Å². The SMILES string of the molecule is CN(CCc1ccccn1)C(=O)c1ccc(Cl)c(S(=O)(=O)N2CCCCC2)c1. The summed E-state index contributed by atoms with van der Waals surface area (Å²) in [5.41, 5.74) is 1.20. The highest BCUT2D eigenvalue weighted by molar-refractivity contribution is 7.89. The molecule has 8 heteroatoms. The van der Waals surface area contributed by atoms with Gasteiger partial charge in [-0.05, 0) is 43.2 Å². The second-order valence-corrected chi connectivity index (χ2v) is 9.22. The number of likely N-dealkylation sites (N-methyl/N-ethyl adjacent to an activating group) is 1. The number of hydrogen-bond donors (Lipinski definition) is 0. The number of hydrogen-bond acceptors (Lipinski definition) is 4. The number of aromatic nitrogens is 1. The van der Waals surface area contributed by atoms with Gasteiger partial charge in [-0.3, -0.25) is 9.78 Å². The molecule has 2 aromatic rings. The van der Waals surface area contributed by atoms with E-state index in [1.165, 1.54) is 16.4 Å². The van der Waals surface area contributed by atoms with Gasteiger partial charge in [-0.2, -0.15) is 4.31 Å². The van der Waals surface area contributed by atoms with Gasteiger partial charge in [0, 0.05) is 50.6 Å². The number of amides is 1. The van der Waals surface area contributed by atoms with Crippen molar-refractivity contribution in [2.24, 2.45) is 0 Å². The lowest BCUT2D eigenvalue weighted by molar-refractivity contribution is 0.0796. The van der Waals surface area contributed by atoms with E-state index in [-0.39, 0.29) is 15.8 Å². The molecule has 1 aromatic carbocycles. The Hall–Kier alpha value is -1.96. The van der Waals surface area contributed by atoms with Gasteiger partial charge in [0.1, 0.15) is 4.90 Å². The zero-order valence-corrected chi connectivity index (χ0v) is 17.4. The van der Waals surface area contributed by atoms with Crippen LogP contribution in [0.2, 0.25) is 5.02 Å². The van der Waals surface area contributed by atoms with Crippen molar-refractivity contribution in [3.8, 4) is 0 Å². The van der Waals surface area contributed by atoms with Gasteiger partial charge in [0.05, 0.1) is 5.02 Å². The Labute approximate surface area is 171 Å². The summed E-state index contributed by atoms with van der Waals surface area (Å²) in [5.74, 6) is -0.248. The largest absolute Gasteiger partial charge is 0.341 e. The van der Waals surface area contributed by atoms with Crippen LogP contribution in [0.5, 0.6) is 0 Å². The molecule has 28 heavy (non-hydrogen) atoms. The predicted molar refractivity (Wildman–Crippen MR) is 109 cm³/mol. The molecule has 2 heterocycles. The molecule has 0 radical (unpaired) electrons. The fourth-order valence-electron chi connectivity index (χ4n) is 3.23. The van der Waals surface area contributed by atoms with Crippen molar-refractivity contribution in [3.63, 3.8) is 0 Å². The number of sulfonamides is 1. The highest BCUT2D eigenvalue weighted by Crippen LogP contribution is 2.28. The van der Waals surface area contributed by atoms with Crippen LogP contribution in [0.15, 0.2) is 47.5 Å². The molecule has 150 valence electrons. The van der Waals surface area contributed by atoms with Crippen molar-refractivity contribution in [1.82, 2.24) is 14.2 Å². The monoisotopic (exact) mass is 421 g/mol. The second-order valence-electron chi connectivity index (χ2n) is 6.91. The molecule has 1 saturated heterocycles. The van der Waals surface area contributed by atoms with Gasteiger partial charge in [0.25, 0.3) is 5.91 Å². The quantitative estimate of drug-likeness (QED) is 0.718. The molecule has 0 spiro atoms. The summed E-state index contributed by atoms with van der Waals surface area (Å²) in [5, 5.41) is 0.137. The summed E-state index contributed by atoms with van der Waals surface area (Å²) in [6.07, 6.45) is 5.04. The summed E-state index contributed by atoms with van der Waals surface area (Å²) < 4.78 is 27.4. The molecule has 1 aliphatic rings. The van der Waals surface area contributed by atoms with Gasteiger partial charge >= 0.3 is 0 Å². The molecule has 0 atom stereocenters. The molecule has 1 aromatic heterocycles. The van der Waals surface area contributed by atoms with E-state index in [0.29, 0.717) is 31.6 Å². The van der Waals surface area contributed by atoms with Crippen molar-refractivity contribution in [2.45, 2.75) is 30.6 Å². The highest BCUT2D eigenvalue weighted by atomic mass is 35.5. The van der Waals surface area contributed by atoms with Crippen LogP contribution in [0.1, 0.15) is 35.3 Å². The molecule has 0 N–H and O–H groups in total. The lowest BCUT2D eigenvalue weighted by atomic mass is 10.2. The number of nitrogens with zero attached hydrogens (tertiary/aromatic N) is 3. The Morgan fingerprint density at radius 2 is 1.93 bits per heavy atom. The lowest BCUT2D eigenvalue weighted by Crippen LogP contribution is -2.36. The maximum atomic E-state index is 13.0. The predicted octanol–water partition coefficient (Wildman–Crippen LogP) is 3.22. The first-order valence-electron chi connectivity index (χ1n) is 9.34. The number of carbonyl (C=O) groups is 1. The summed E-state index contributed by atoms with van der Waals surface area (Å²) >= 11 is 6.19. The molecule has 3 rings (SSSR count). The van der Waals surface area contributed by atoms with Crippen molar-refractivity contribution >= 4 is 27.5 Å². The molecule has 0 saturated carbocycles. The van der Waals surface area contributed by atoms with Gasteiger partial charge in [0.15, 0.2) is 0 Å². The number of benzene rings is 1. The van der Waals surface area contributed by atoms with E-state index in [2.05, 4.69) is 4.98 Å². The minimum absolute atomic E-state index is 0.0000395. The van der Waals surface area contributed by atoms with E-state index < -0.39 is 10.0 Å². The van der Waals surface area contributed by atoms with Gasteiger partial charge in [-0.1, -0.05) is 24.1 Å². The molecule has 0 bridgehead atoms. The van der Waals surface area contributed by atoms with E-state index in [0.717, 1.165) is 25.0 Å². The number of halogens is 1. The molecule has 1 aliphatic heterocycles. The van der Waals surface area contributed by atoms with E-state index in [4.69, 9.17) is 11.6 Å². The Balaban J connectivity index is 1.77. The molecular weight excluding hydrogens is 398 g/mol. The van der Waals surface area contributed by atoms with E-state index >= 15 is 0 Å². The Kier molecular flexibility index (Phi) is 6.69. The molecule has 1 fully saturated rings. The summed E-state index contributed by atoms with van der Waals surface area (Å²) in [7, 11) is -2.02. The van der Waals surface area contributed by atoms with Crippen molar-refractivity contribution < 1.29 is 13.2 Å². The van der Waals surface area contributed by atoms with Gasteiger partial charge in [0.2, 0.25) is 10.0 Å². The third-order valence-corrected chi connectivity index (χ3v) is 7.27. The minimum atomic E-state index is -3.71. The van der Waals surface area contributed by atoms with Crippen LogP contribution in [-0.2, 0) is 16.4 Å². The van der Waals surface area contributed by atoms with Crippen LogP contribution in [0.25, 0.3) is 0 Å². The lowest BCUT2D eigenvalue weighted by Gasteiger charge is -2.26. The van der Waals surface area contributed by atoms with Gasteiger partial charge in [-0.25, -0.2) is 8.42 Å². The Bertz CT molecular complexity index is 929. The molecular formula is C20H24ClN3O3S. The standard InChI is InChI=1S/C20H24ClN3O3S/c1-23(14-10-17-7-3-4-11-22-17)20(25)16-8-9-18(21)19(15-16)28(26,27)24-12-5-2-6-13-24/h3-4,7-9,11,15H,2,5-6,10,12-14H2,1H3. The third kappa shape index (κ3) is 4.71. The average Bonchev–Trinajstić information content (AvgIpc) is 2.73. The number of carbonyl (C=O) groups excluding carboxylic acids is 1. The molecule has 1 amide bonds. The topological polar surface area (TPSA) is 70.6 Å². The zero-order valence-electron chi connectivity index (χ0n) is 15.8. The zero-order chi connectivity index (χ0) is 20.1. The van der Waals surface area contributed by atoms with Crippen LogP contribution in [0.3, 0.4) is 0 Å². The first kappa shape index (κ1) is 20.8. The Morgan fingerprint density at radius 1 is 1.18 bits per heavy atom. The molecule has 6 nitrogen and oxygen atoms in total. The highest BCUT2D eigenvalue weighted by Gasteiger charge is 2.29. The fourth-order valence-corrected chi connectivity index (χ4v) is 5.25. The normalized spacial score (nSPS) is 15.4. The van der Waals surface area contributed by atoms with Crippen LogP contribution in [0.4, 0.5) is 0 Å². The second kappa shape index (κ2) is 9.03. The first-order chi connectivity index (χ1) is 13.4. The van der Waals surface area contributed by atoms with E-state index in [9.17, 15) is 13.2 Å². The number of pyridine rings is 1. The smallest absolute Gasteiger partial charge is 0.253 e. The summed E-state index contributed by atoms with van der Waals surface area (Å²) in [4.78, 5) is 18.6. The van der Waals surface area contributed by atoms with Crippen LogP contribution in [-0.4, -0.2) is 55.2 Å². The molecule has 0 unspecified atom stereocenters. The van der Waals surface area contributed by atoms with Crippen molar-refractivity contribution in [1.29, 1.82) is 0 Å². The summed E-state index contributed by atoms with van der Waals surface area (Å²) in [6.45, 7) is 1.45. The summed E-state index contributed by atoms with van der Waals surface area (Å²) in [6, 6.07) is 10.1. The molecule has 0 aliphatic carbocycles. The third-order valence-electron chi connectivity index (χ3n) is 4.89. The van der Waals surface area contributed by atoms with Crippen molar-refractivity contribution in [3.05, 3.63) is 58.9 Å².